The van der Waals surface area contributed by atoms with Crippen LogP contribution in [-0.4, -0.2) is 11.1 Å². The SMILES string of the molecule is CC12CCCCC1(C)N(c1ccc(F)cc1)c1ccc(-c3ccc4c5c6c(ccc35)C=CC(c3ccc5c(c3)C3(C)CCCCC3(C)N5c3ccc(F)cc3)C6=CC4)cc12. The van der Waals surface area contributed by atoms with Gasteiger partial charge in [-0.05, 0) is 174 Å². The Morgan fingerprint density at radius 1 is 0.583 bits per heavy atom. The van der Waals surface area contributed by atoms with E-state index >= 15 is 0 Å². The Bertz CT molecular complexity index is 2850. The lowest BCUT2D eigenvalue weighted by molar-refractivity contribution is 0.195. The van der Waals surface area contributed by atoms with Crippen LogP contribution in [0, 0.1) is 11.6 Å². The molecule has 0 spiro atoms. The second kappa shape index (κ2) is 12.5. The maximum Gasteiger partial charge on any atom is 0.123 e. The molecule has 6 aromatic rings. The summed E-state index contributed by atoms with van der Waals surface area (Å²) in [5.41, 5.74) is 16.7. The van der Waals surface area contributed by atoms with Gasteiger partial charge < -0.3 is 9.80 Å². The third-order valence-electron chi connectivity index (χ3n) is 17.0. The van der Waals surface area contributed by atoms with E-state index in [0.717, 1.165) is 43.5 Å². The number of halogens is 2. The Labute approximate surface area is 353 Å². The van der Waals surface area contributed by atoms with Crippen molar-refractivity contribution in [2.45, 2.75) is 113 Å². The van der Waals surface area contributed by atoms with Gasteiger partial charge in [0, 0.05) is 39.5 Å². The third kappa shape index (κ3) is 4.68. The first-order chi connectivity index (χ1) is 29.0. The first-order valence-electron chi connectivity index (χ1n) is 22.4. The molecule has 2 fully saturated rings. The van der Waals surface area contributed by atoms with Crippen LogP contribution in [-0.2, 0) is 17.3 Å². The van der Waals surface area contributed by atoms with E-state index in [0.29, 0.717) is 0 Å². The highest BCUT2D eigenvalue weighted by Gasteiger charge is 2.59. The first kappa shape index (κ1) is 36.4. The number of anilines is 4. The molecule has 4 aliphatic carbocycles. The van der Waals surface area contributed by atoms with E-state index in [1.807, 2.05) is 24.3 Å². The second-order valence-electron chi connectivity index (χ2n) is 19.7. The van der Waals surface area contributed by atoms with Crippen LogP contribution in [0.2, 0.25) is 0 Å². The van der Waals surface area contributed by atoms with E-state index in [1.165, 1.54) is 97.9 Å². The Hall–Kier alpha value is -5.48. The van der Waals surface area contributed by atoms with Gasteiger partial charge in [-0.25, -0.2) is 8.78 Å². The molecule has 0 amide bonds. The lowest BCUT2D eigenvalue weighted by atomic mass is 9.61. The van der Waals surface area contributed by atoms with Gasteiger partial charge in [0.25, 0.3) is 0 Å². The van der Waals surface area contributed by atoms with Crippen molar-refractivity contribution >= 4 is 45.2 Å². The van der Waals surface area contributed by atoms with Gasteiger partial charge in [0.2, 0.25) is 0 Å². The summed E-state index contributed by atoms with van der Waals surface area (Å²) in [5.74, 6) is -0.231. The molecule has 5 unspecified atom stereocenters. The van der Waals surface area contributed by atoms with Crippen LogP contribution in [0.5, 0.6) is 0 Å². The zero-order valence-electron chi connectivity index (χ0n) is 35.2. The summed E-state index contributed by atoms with van der Waals surface area (Å²) >= 11 is 0. The van der Waals surface area contributed by atoms with E-state index in [-0.39, 0.29) is 39.5 Å². The van der Waals surface area contributed by atoms with Crippen LogP contribution < -0.4 is 9.80 Å². The summed E-state index contributed by atoms with van der Waals surface area (Å²) in [6.07, 6.45) is 17.6. The van der Waals surface area contributed by atoms with Crippen LogP contribution in [0.25, 0.3) is 33.5 Å². The Morgan fingerprint density at radius 2 is 1.17 bits per heavy atom. The molecule has 0 N–H and O–H groups in total. The molecule has 0 aromatic heterocycles. The molecule has 0 bridgehead atoms. The van der Waals surface area contributed by atoms with Gasteiger partial charge in [0.05, 0.1) is 11.1 Å². The molecule has 0 radical (unpaired) electrons. The predicted octanol–water partition coefficient (Wildman–Crippen LogP) is 15.0. The average molecular weight is 791 g/mol. The van der Waals surface area contributed by atoms with E-state index in [1.54, 1.807) is 24.3 Å². The number of benzene rings is 6. The largest absolute Gasteiger partial charge is 0.334 e. The van der Waals surface area contributed by atoms with Gasteiger partial charge in [-0.15, -0.1) is 0 Å². The monoisotopic (exact) mass is 790 g/mol. The minimum atomic E-state index is -0.195. The van der Waals surface area contributed by atoms with E-state index in [4.69, 9.17) is 0 Å². The number of nitrogens with zero attached hydrogens (tertiary/aromatic N) is 2. The Kier molecular flexibility index (Phi) is 7.60. The molecular formula is C56H52F2N2. The molecule has 12 rings (SSSR count). The van der Waals surface area contributed by atoms with Gasteiger partial charge in [0.15, 0.2) is 0 Å². The molecule has 2 saturated carbocycles. The summed E-state index contributed by atoms with van der Waals surface area (Å²) in [4.78, 5) is 5.06. The van der Waals surface area contributed by atoms with Crippen molar-refractivity contribution in [2.24, 2.45) is 0 Å². The fourth-order valence-corrected chi connectivity index (χ4v) is 13.4. The molecule has 2 heterocycles. The predicted molar refractivity (Wildman–Crippen MR) is 245 cm³/mol. The van der Waals surface area contributed by atoms with Crippen molar-refractivity contribution in [2.75, 3.05) is 9.80 Å². The molecule has 0 saturated heterocycles. The standard InChI is InChI=1S/C56H52F2N2/c1-53-29-5-7-31-55(53,3)59(41-19-15-39(57)16-20-41)49-27-13-37(33-47(49)53)43-23-9-35-12-26-46-44(24-10-36-11-25-45(43)51(35)52(36)46)38-14-28-50-48(34-38)54(2)30-6-8-32-56(54,4)60(50)42-21-17-40(58)18-22-42/h9-11,13-28,33-34,44H,5-8,12,29-32H2,1-4H3. The fourth-order valence-electron chi connectivity index (χ4n) is 13.4. The molecule has 6 aliphatic rings. The number of rotatable bonds is 4. The summed E-state index contributed by atoms with van der Waals surface area (Å²) in [7, 11) is 0. The van der Waals surface area contributed by atoms with Crippen LogP contribution in [0.15, 0.2) is 121 Å². The minimum absolute atomic E-state index is 0.0188. The van der Waals surface area contributed by atoms with Gasteiger partial charge >= 0.3 is 0 Å². The van der Waals surface area contributed by atoms with E-state index in [2.05, 4.69) is 116 Å². The van der Waals surface area contributed by atoms with Gasteiger partial charge in [-0.1, -0.05) is 100 Å². The molecule has 300 valence electrons. The molecular weight excluding hydrogens is 739 g/mol. The first-order valence-corrected chi connectivity index (χ1v) is 22.4. The normalized spacial score (nSPS) is 28.3. The molecule has 60 heavy (non-hydrogen) atoms. The van der Waals surface area contributed by atoms with Gasteiger partial charge in [-0.2, -0.15) is 0 Å². The maximum absolute atomic E-state index is 14.2. The van der Waals surface area contributed by atoms with Crippen molar-refractivity contribution in [1.82, 2.24) is 0 Å². The number of fused-ring (bicyclic) bond motifs is 6. The van der Waals surface area contributed by atoms with Crippen LogP contribution in [0.4, 0.5) is 31.5 Å². The van der Waals surface area contributed by atoms with Crippen molar-refractivity contribution in [3.8, 4) is 11.1 Å². The number of hydrogen-bond acceptors (Lipinski definition) is 2. The van der Waals surface area contributed by atoms with Crippen molar-refractivity contribution in [1.29, 1.82) is 0 Å². The van der Waals surface area contributed by atoms with Crippen LogP contribution >= 0.6 is 0 Å². The zero-order valence-corrected chi connectivity index (χ0v) is 35.2. The van der Waals surface area contributed by atoms with Crippen molar-refractivity contribution < 1.29 is 8.78 Å². The molecule has 2 aliphatic heterocycles. The van der Waals surface area contributed by atoms with Crippen molar-refractivity contribution in [3.63, 3.8) is 0 Å². The van der Waals surface area contributed by atoms with Crippen LogP contribution in [0.1, 0.15) is 118 Å². The number of hydrogen-bond donors (Lipinski definition) is 0. The summed E-state index contributed by atoms with van der Waals surface area (Å²) in [6, 6.07) is 38.2. The van der Waals surface area contributed by atoms with Crippen molar-refractivity contribution in [3.05, 3.63) is 166 Å². The molecule has 5 atom stereocenters. The zero-order chi connectivity index (χ0) is 40.8. The molecule has 4 heteroatoms. The topological polar surface area (TPSA) is 6.48 Å². The Balaban J connectivity index is 0.959. The second-order valence-corrected chi connectivity index (χ2v) is 19.7. The highest BCUT2D eigenvalue weighted by Crippen LogP contribution is 2.63. The smallest absolute Gasteiger partial charge is 0.123 e. The van der Waals surface area contributed by atoms with Gasteiger partial charge in [0.1, 0.15) is 11.6 Å². The number of allylic oxidation sites excluding steroid dienone is 3. The maximum atomic E-state index is 14.2. The van der Waals surface area contributed by atoms with E-state index < -0.39 is 0 Å². The molecule has 6 aromatic carbocycles. The van der Waals surface area contributed by atoms with Crippen LogP contribution in [0.3, 0.4) is 0 Å². The fraction of sp³-hybridized carbons (Fsp3) is 0.321. The minimum Gasteiger partial charge on any atom is -0.334 e. The highest BCUT2D eigenvalue weighted by atomic mass is 19.1. The highest BCUT2D eigenvalue weighted by molar-refractivity contribution is 6.09. The lowest BCUT2D eigenvalue weighted by Gasteiger charge is -2.50. The quantitative estimate of drug-likeness (QED) is 0.175. The summed E-state index contributed by atoms with van der Waals surface area (Å²) in [5, 5.41) is 2.72. The third-order valence-corrected chi connectivity index (χ3v) is 17.0. The average Bonchev–Trinajstić information content (AvgIpc) is 3.60. The lowest BCUT2D eigenvalue weighted by Crippen LogP contribution is -2.54. The van der Waals surface area contributed by atoms with E-state index in [9.17, 15) is 8.78 Å². The molecule has 2 nitrogen and oxygen atoms in total. The van der Waals surface area contributed by atoms with Gasteiger partial charge in [-0.3, -0.25) is 0 Å². The Morgan fingerprint density at radius 3 is 1.80 bits per heavy atom. The summed E-state index contributed by atoms with van der Waals surface area (Å²) < 4.78 is 28.4. The summed E-state index contributed by atoms with van der Waals surface area (Å²) in [6.45, 7) is 9.84.